The third kappa shape index (κ3) is 2.51. The Kier molecular flexibility index (Phi) is 3.53. The smallest absolute Gasteiger partial charge is 0.137 e. The van der Waals surface area contributed by atoms with Crippen LogP contribution in [-0.2, 0) is 13.0 Å². The fourth-order valence-corrected chi connectivity index (χ4v) is 3.09. The van der Waals surface area contributed by atoms with Crippen LogP contribution in [0.25, 0.3) is 5.65 Å². The van der Waals surface area contributed by atoms with Crippen molar-refractivity contribution in [3.05, 3.63) is 35.8 Å². The van der Waals surface area contributed by atoms with Crippen molar-refractivity contribution in [2.24, 2.45) is 5.73 Å². The van der Waals surface area contributed by atoms with E-state index >= 15 is 0 Å². The number of hydrogen-bond donors (Lipinski definition) is 1. The van der Waals surface area contributed by atoms with Crippen LogP contribution >= 0.6 is 0 Å². The van der Waals surface area contributed by atoms with Gasteiger partial charge in [0.2, 0.25) is 0 Å². The fourth-order valence-electron chi connectivity index (χ4n) is 3.09. The maximum absolute atomic E-state index is 5.67. The minimum Gasteiger partial charge on any atom is -0.326 e. The first-order chi connectivity index (χ1) is 9.30. The van der Waals surface area contributed by atoms with Gasteiger partial charge in [-0.05, 0) is 43.6 Å². The Labute approximate surface area is 114 Å². The summed E-state index contributed by atoms with van der Waals surface area (Å²) in [5.41, 5.74) is 9.02. The quantitative estimate of drug-likeness (QED) is 0.910. The number of fused-ring (bicyclic) bond motifs is 1. The molecule has 19 heavy (non-hydrogen) atoms. The van der Waals surface area contributed by atoms with Gasteiger partial charge in [0.15, 0.2) is 0 Å². The molecule has 1 saturated heterocycles. The normalized spacial score (nSPS) is 20.4. The molecule has 1 aliphatic rings. The van der Waals surface area contributed by atoms with Gasteiger partial charge >= 0.3 is 0 Å². The van der Waals surface area contributed by atoms with Gasteiger partial charge in [-0.1, -0.05) is 6.92 Å². The second-order valence-electron chi connectivity index (χ2n) is 5.37. The molecule has 1 fully saturated rings. The van der Waals surface area contributed by atoms with Crippen molar-refractivity contribution in [3.8, 4) is 0 Å². The third-order valence-corrected chi connectivity index (χ3v) is 4.16. The van der Waals surface area contributed by atoms with Crippen LogP contribution in [0.2, 0.25) is 0 Å². The first kappa shape index (κ1) is 12.6. The van der Waals surface area contributed by atoms with Crippen LogP contribution in [0.15, 0.2) is 24.5 Å². The summed E-state index contributed by atoms with van der Waals surface area (Å²) in [6.07, 6.45) is 7.90. The molecule has 0 radical (unpaired) electrons. The van der Waals surface area contributed by atoms with E-state index in [1.165, 1.54) is 25.1 Å². The molecule has 2 aromatic heterocycles. The van der Waals surface area contributed by atoms with E-state index in [0.717, 1.165) is 24.2 Å². The van der Waals surface area contributed by atoms with Crippen LogP contribution in [0.5, 0.6) is 0 Å². The van der Waals surface area contributed by atoms with Crippen LogP contribution in [0.1, 0.15) is 31.0 Å². The topological polar surface area (TPSA) is 46.6 Å². The summed E-state index contributed by atoms with van der Waals surface area (Å²) in [6, 6.07) is 4.81. The Morgan fingerprint density at radius 3 is 3.16 bits per heavy atom. The number of hydrogen-bond acceptors (Lipinski definition) is 3. The van der Waals surface area contributed by atoms with Crippen molar-refractivity contribution in [1.29, 1.82) is 0 Å². The summed E-state index contributed by atoms with van der Waals surface area (Å²) in [6.45, 7) is 5.21. The van der Waals surface area contributed by atoms with Gasteiger partial charge in [-0.3, -0.25) is 0 Å². The number of pyridine rings is 1. The highest BCUT2D eigenvalue weighted by Crippen LogP contribution is 2.20. The molecule has 2 N–H and O–H groups in total. The second kappa shape index (κ2) is 5.31. The Balaban J connectivity index is 1.81. The molecule has 1 aliphatic heterocycles. The van der Waals surface area contributed by atoms with Crippen LogP contribution in [-0.4, -0.2) is 33.4 Å². The lowest BCUT2D eigenvalue weighted by molar-refractivity contribution is 0.265. The van der Waals surface area contributed by atoms with Crippen molar-refractivity contribution in [2.75, 3.05) is 13.1 Å². The third-order valence-electron chi connectivity index (χ3n) is 4.16. The highest BCUT2D eigenvalue weighted by atomic mass is 15.2. The van der Waals surface area contributed by atoms with Gasteiger partial charge in [-0.2, -0.15) is 0 Å². The van der Waals surface area contributed by atoms with Gasteiger partial charge in [-0.25, -0.2) is 4.98 Å². The molecule has 0 bridgehead atoms. The number of aromatic nitrogens is 2. The summed E-state index contributed by atoms with van der Waals surface area (Å²) < 4.78 is 2.10. The SMILES string of the molecule is CCN1CCCC1Cc1cn2ccc(CN)cc2n1. The number of rotatable bonds is 4. The Hall–Kier alpha value is -1.39. The molecule has 3 heterocycles. The van der Waals surface area contributed by atoms with Crippen LogP contribution in [0, 0.1) is 0 Å². The minimum absolute atomic E-state index is 0.574. The number of nitrogens with zero attached hydrogens (tertiary/aromatic N) is 3. The summed E-state index contributed by atoms with van der Waals surface area (Å²) >= 11 is 0. The zero-order valence-corrected chi connectivity index (χ0v) is 11.5. The lowest BCUT2D eigenvalue weighted by Gasteiger charge is -2.21. The largest absolute Gasteiger partial charge is 0.326 e. The predicted molar refractivity (Wildman–Crippen MR) is 77.1 cm³/mol. The van der Waals surface area contributed by atoms with Gasteiger partial charge in [0, 0.05) is 31.4 Å². The minimum atomic E-state index is 0.574. The molecular formula is C15H22N4. The van der Waals surface area contributed by atoms with Gasteiger partial charge in [0.25, 0.3) is 0 Å². The van der Waals surface area contributed by atoms with Crippen molar-refractivity contribution >= 4 is 5.65 Å². The van der Waals surface area contributed by atoms with E-state index in [0.29, 0.717) is 12.6 Å². The van der Waals surface area contributed by atoms with Gasteiger partial charge in [0.1, 0.15) is 5.65 Å². The number of imidazole rings is 1. The van der Waals surface area contributed by atoms with E-state index in [4.69, 9.17) is 10.7 Å². The molecule has 1 atom stereocenters. The fraction of sp³-hybridized carbons (Fsp3) is 0.533. The Bertz CT molecular complexity index is 560. The monoisotopic (exact) mass is 258 g/mol. The molecule has 2 aromatic rings. The highest BCUT2D eigenvalue weighted by Gasteiger charge is 2.23. The van der Waals surface area contributed by atoms with Gasteiger partial charge < -0.3 is 15.0 Å². The van der Waals surface area contributed by atoms with Gasteiger partial charge in [-0.15, -0.1) is 0 Å². The summed E-state index contributed by atoms with van der Waals surface area (Å²) in [5.74, 6) is 0. The van der Waals surface area contributed by atoms with E-state index in [1.807, 2.05) is 0 Å². The number of likely N-dealkylation sites (tertiary alicyclic amines) is 1. The lowest BCUT2D eigenvalue weighted by atomic mass is 10.1. The summed E-state index contributed by atoms with van der Waals surface area (Å²) in [7, 11) is 0. The average Bonchev–Trinajstić information content (AvgIpc) is 3.03. The van der Waals surface area contributed by atoms with E-state index in [-0.39, 0.29) is 0 Å². The lowest BCUT2D eigenvalue weighted by Crippen LogP contribution is -2.30. The van der Waals surface area contributed by atoms with E-state index in [2.05, 4.69) is 40.8 Å². The van der Waals surface area contributed by atoms with Crippen molar-refractivity contribution in [2.45, 2.75) is 38.8 Å². The molecule has 4 heteroatoms. The second-order valence-corrected chi connectivity index (χ2v) is 5.37. The Morgan fingerprint density at radius 1 is 1.47 bits per heavy atom. The van der Waals surface area contributed by atoms with Gasteiger partial charge in [0.05, 0.1) is 5.69 Å². The number of nitrogens with two attached hydrogens (primary N) is 1. The molecule has 3 rings (SSSR count). The van der Waals surface area contributed by atoms with E-state index in [9.17, 15) is 0 Å². The standard InChI is InChI=1S/C15H22N4/c1-2-18-6-3-4-14(18)9-13-11-19-7-5-12(10-16)8-15(19)17-13/h5,7-8,11,14H,2-4,6,9-10,16H2,1H3. The summed E-state index contributed by atoms with van der Waals surface area (Å²) in [4.78, 5) is 7.30. The summed E-state index contributed by atoms with van der Waals surface area (Å²) in [5, 5.41) is 0. The van der Waals surface area contributed by atoms with Crippen LogP contribution in [0.4, 0.5) is 0 Å². The molecule has 4 nitrogen and oxygen atoms in total. The zero-order valence-electron chi connectivity index (χ0n) is 11.5. The van der Waals surface area contributed by atoms with Crippen molar-refractivity contribution in [3.63, 3.8) is 0 Å². The molecular weight excluding hydrogens is 236 g/mol. The highest BCUT2D eigenvalue weighted by molar-refractivity contribution is 5.43. The van der Waals surface area contributed by atoms with Crippen molar-refractivity contribution in [1.82, 2.24) is 14.3 Å². The zero-order chi connectivity index (χ0) is 13.2. The van der Waals surface area contributed by atoms with Crippen LogP contribution in [0.3, 0.4) is 0 Å². The molecule has 102 valence electrons. The first-order valence-electron chi connectivity index (χ1n) is 7.20. The molecule has 0 amide bonds. The molecule has 0 saturated carbocycles. The average molecular weight is 258 g/mol. The molecule has 0 spiro atoms. The maximum Gasteiger partial charge on any atom is 0.137 e. The molecule has 1 unspecified atom stereocenters. The maximum atomic E-state index is 5.67. The Morgan fingerprint density at radius 2 is 2.37 bits per heavy atom. The van der Waals surface area contributed by atoms with Crippen molar-refractivity contribution < 1.29 is 0 Å². The predicted octanol–water partition coefficient (Wildman–Crippen LogP) is 1.82. The van der Waals surface area contributed by atoms with E-state index < -0.39 is 0 Å². The molecule has 0 aromatic carbocycles. The number of likely N-dealkylation sites (N-methyl/N-ethyl adjacent to an activating group) is 1. The van der Waals surface area contributed by atoms with E-state index in [1.54, 1.807) is 0 Å². The first-order valence-corrected chi connectivity index (χ1v) is 7.20. The van der Waals surface area contributed by atoms with Crippen LogP contribution < -0.4 is 5.73 Å². The molecule has 0 aliphatic carbocycles.